The van der Waals surface area contributed by atoms with Gasteiger partial charge in [0.25, 0.3) is 15.9 Å². The predicted molar refractivity (Wildman–Crippen MR) is 111 cm³/mol. The molecule has 0 aliphatic carbocycles. The summed E-state index contributed by atoms with van der Waals surface area (Å²) in [6.45, 7) is 3.32. The molecule has 1 atom stereocenters. The zero-order chi connectivity index (χ0) is 20.3. The topological polar surface area (TPSA) is 84.5 Å². The predicted octanol–water partition coefficient (Wildman–Crippen LogP) is 3.69. The third-order valence-electron chi connectivity index (χ3n) is 4.15. The molecule has 6 nitrogen and oxygen atoms in total. The molecule has 28 heavy (non-hydrogen) atoms. The first-order valence-electron chi connectivity index (χ1n) is 8.49. The first-order valence-corrected chi connectivity index (χ1v) is 10.8. The van der Waals surface area contributed by atoms with Crippen LogP contribution in [0.25, 0.3) is 10.8 Å². The van der Waals surface area contributed by atoms with E-state index in [-0.39, 0.29) is 4.90 Å². The number of hydrogen-bond donors (Lipinski definition) is 2. The van der Waals surface area contributed by atoms with E-state index in [1.165, 1.54) is 12.1 Å². The van der Waals surface area contributed by atoms with E-state index >= 15 is 0 Å². The molecule has 0 heterocycles. The molecule has 0 radical (unpaired) electrons. The highest BCUT2D eigenvalue weighted by Gasteiger charge is 2.20. The Morgan fingerprint density at radius 3 is 2.46 bits per heavy atom. The van der Waals surface area contributed by atoms with Gasteiger partial charge in [-0.25, -0.2) is 8.42 Å². The highest BCUT2D eigenvalue weighted by atomic mass is 79.9. The number of amides is 1. The maximum Gasteiger partial charge on any atom is 0.275 e. The zero-order valence-corrected chi connectivity index (χ0v) is 17.7. The highest BCUT2D eigenvalue weighted by molar-refractivity contribution is 9.10. The van der Waals surface area contributed by atoms with Gasteiger partial charge in [0.15, 0.2) is 6.10 Å². The number of halogens is 1. The van der Waals surface area contributed by atoms with E-state index in [1.807, 2.05) is 36.4 Å². The lowest BCUT2D eigenvalue weighted by atomic mass is 10.1. The number of ether oxygens (including phenoxy) is 1. The fraction of sp³-hybridized carbons (Fsp3) is 0.150. The number of sulfonamides is 1. The number of rotatable bonds is 6. The van der Waals surface area contributed by atoms with Crippen LogP contribution in [-0.4, -0.2) is 20.4 Å². The van der Waals surface area contributed by atoms with Gasteiger partial charge in [0.1, 0.15) is 5.75 Å². The van der Waals surface area contributed by atoms with Crippen LogP contribution in [0.15, 0.2) is 70.0 Å². The van der Waals surface area contributed by atoms with Crippen LogP contribution in [0.3, 0.4) is 0 Å². The van der Waals surface area contributed by atoms with Crippen LogP contribution >= 0.6 is 15.9 Å². The minimum Gasteiger partial charge on any atom is -0.481 e. The summed E-state index contributed by atoms with van der Waals surface area (Å²) in [7, 11) is -3.89. The number of hydrogen-bond acceptors (Lipinski definition) is 4. The van der Waals surface area contributed by atoms with Gasteiger partial charge in [-0.2, -0.15) is 0 Å². The average Bonchev–Trinajstić information content (AvgIpc) is 2.68. The Morgan fingerprint density at radius 2 is 1.75 bits per heavy atom. The summed E-state index contributed by atoms with van der Waals surface area (Å²) in [6.07, 6.45) is -0.893. The fourth-order valence-corrected chi connectivity index (χ4v) is 3.74. The highest BCUT2D eigenvalue weighted by Crippen LogP contribution is 2.22. The van der Waals surface area contributed by atoms with Gasteiger partial charge in [-0.05, 0) is 60.5 Å². The van der Waals surface area contributed by atoms with Gasteiger partial charge in [0, 0.05) is 4.47 Å². The minimum atomic E-state index is -3.89. The summed E-state index contributed by atoms with van der Waals surface area (Å²) in [5.41, 5.74) is 2.96. The fourth-order valence-electron chi connectivity index (χ4n) is 2.56. The lowest BCUT2D eigenvalue weighted by molar-refractivity contribution is -0.127. The Hall–Kier alpha value is -2.42. The van der Waals surface area contributed by atoms with Crippen LogP contribution in [0.5, 0.6) is 5.75 Å². The van der Waals surface area contributed by atoms with E-state index in [0.29, 0.717) is 5.75 Å². The lowest BCUT2D eigenvalue weighted by Crippen LogP contribution is -2.47. The van der Waals surface area contributed by atoms with Crippen LogP contribution in [0.2, 0.25) is 0 Å². The van der Waals surface area contributed by atoms with E-state index in [2.05, 4.69) is 26.2 Å². The molecule has 2 N–H and O–H groups in total. The third kappa shape index (κ3) is 4.70. The summed E-state index contributed by atoms with van der Waals surface area (Å²) in [5.74, 6) is -0.0849. The number of hydrazine groups is 1. The van der Waals surface area contributed by atoms with E-state index in [0.717, 1.165) is 20.8 Å². The summed E-state index contributed by atoms with van der Waals surface area (Å²) in [5, 5.41) is 2.04. The number of carbonyl (C=O) groups is 1. The van der Waals surface area contributed by atoms with Crippen molar-refractivity contribution in [1.29, 1.82) is 0 Å². The van der Waals surface area contributed by atoms with E-state index in [1.54, 1.807) is 26.0 Å². The number of benzene rings is 3. The van der Waals surface area contributed by atoms with E-state index < -0.39 is 22.0 Å². The minimum absolute atomic E-state index is 0.0524. The summed E-state index contributed by atoms with van der Waals surface area (Å²) in [4.78, 5) is 14.4. The molecule has 0 fully saturated rings. The summed E-state index contributed by atoms with van der Waals surface area (Å²) < 4.78 is 31.1. The standard InChI is InChI=1S/C20H19BrN2O4S/c1-13-11-18(9-10-19(13)21)28(25,26)23-22-20(24)14(2)27-17-8-7-15-5-3-4-6-16(15)12-17/h3-12,14,23H,1-2H3,(H,22,24)/t14-/m1/s1. The average molecular weight is 463 g/mol. The number of fused-ring (bicyclic) bond motifs is 1. The second-order valence-electron chi connectivity index (χ2n) is 6.27. The quantitative estimate of drug-likeness (QED) is 0.547. The summed E-state index contributed by atoms with van der Waals surface area (Å²) >= 11 is 3.32. The molecule has 0 bridgehead atoms. The molecule has 0 aromatic heterocycles. The lowest BCUT2D eigenvalue weighted by Gasteiger charge is -2.16. The van der Waals surface area contributed by atoms with Gasteiger partial charge >= 0.3 is 0 Å². The van der Waals surface area contributed by atoms with Crippen molar-refractivity contribution >= 4 is 42.6 Å². The molecule has 8 heteroatoms. The molecule has 146 valence electrons. The third-order valence-corrected chi connectivity index (χ3v) is 6.29. The van der Waals surface area contributed by atoms with Crippen molar-refractivity contribution in [3.63, 3.8) is 0 Å². The number of aryl methyl sites for hydroxylation is 1. The first-order chi connectivity index (χ1) is 13.3. The van der Waals surface area contributed by atoms with Crippen molar-refractivity contribution in [3.05, 3.63) is 70.7 Å². The molecular formula is C20H19BrN2O4S. The molecule has 0 aliphatic rings. The van der Waals surface area contributed by atoms with Crippen LogP contribution in [0.4, 0.5) is 0 Å². The molecule has 0 aliphatic heterocycles. The van der Waals surface area contributed by atoms with Crippen LogP contribution < -0.4 is 15.0 Å². The smallest absolute Gasteiger partial charge is 0.275 e. The molecule has 1 amide bonds. The molecule has 0 spiro atoms. The Bertz CT molecular complexity index is 1130. The maximum atomic E-state index is 12.3. The number of nitrogens with one attached hydrogen (secondary N) is 2. The molecular weight excluding hydrogens is 444 g/mol. The molecule has 3 aromatic carbocycles. The largest absolute Gasteiger partial charge is 0.481 e. The molecule has 0 saturated carbocycles. The van der Waals surface area contributed by atoms with Crippen molar-refractivity contribution < 1.29 is 17.9 Å². The zero-order valence-electron chi connectivity index (χ0n) is 15.3. The van der Waals surface area contributed by atoms with Crippen molar-refractivity contribution in [3.8, 4) is 5.75 Å². The van der Waals surface area contributed by atoms with Crippen molar-refractivity contribution in [2.24, 2.45) is 0 Å². The normalized spacial score (nSPS) is 12.5. The van der Waals surface area contributed by atoms with Crippen molar-refractivity contribution in [1.82, 2.24) is 10.3 Å². The van der Waals surface area contributed by atoms with Gasteiger partial charge in [-0.3, -0.25) is 10.2 Å². The van der Waals surface area contributed by atoms with Gasteiger partial charge in [-0.1, -0.05) is 46.3 Å². The Morgan fingerprint density at radius 1 is 1.04 bits per heavy atom. The van der Waals surface area contributed by atoms with Crippen molar-refractivity contribution in [2.45, 2.75) is 24.8 Å². The number of carbonyl (C=O) groups excluding carboxylic acids is 1. The van der Waals surface area contributed by atoms with Crippen molar-refractivity contribution in [2.75, 3.05) is 0 Å². The van der Waals surface area contributed by atoms with E-state index in [9.17, 15) is 13.2 Å². The monoisotopic (exact) mass is 462 g/mol. The molecule has 3 rings (SSSR count). The van der Waals surface area contributed by atoms with Gasteiger partial charge in [0.2, 0.25) is 0 Å². The SMILES string of the molecule is Cc1cc(S(=O)(=O)NNC(=O)[C@@H](C)Oc2ccc3ccccc3c2)ccc1Br. The first kappa shape index (κ1) is 20.3. The molecule has 3 aromatic rings. The second kappa shape index (κ2) is 8.30. The maximum absolute atomic E-state index is 12.3. The Labute approximate surface area is 172 Å². The second-order valence-corrected chi connectivity index (χ2v) is 8.81. The van der Waals surface area contributed by atoms with Crippen LogP contribution in [-0.2, 0) is 14.8 Å². The van der Waals surface area contributed by atoms with Crippen LogP contribution in [0, 0.1) is 6.92 Å². The van der Waals surface area contributed by atoms with Crippen LogP contribution in [0.1, 0.15) is 12.5 Å². The summed E-state index contributed by atoms with van der Waals surface area (Å²) in [6, 6.07) is 17.9. The Balaban J connectivity index is 1.63. The Kier molecular flexibility index (Phi) is 6.02. The van der Waals surface area contributed by atoms with E-state index in [4.69, 9.17) is 4.74 Å². The van der Waals surface area contributed by atoms with Gasteiger partial charge < -0.3 is 4.74 Å². The van der Waals surface area contributed by atoms with Gasteiger partial charge in [0.05, 0.1) is 4.90 Å². The molecule has 0 saturated heterocycles. The van der Waals surface area contributed by atoms with Gasteiger partial charge in [-0.15, -0.1) is 4.83 Å². The molecule has 0 unspecified atom stereocenters.